The predicted molar refractivity (Wildman–Crippen MR) is 115 cm³/mol. The van der Waals surface area contributed by atoms with Gasteiger partial charge in [-0.2, -0.15) is 0 Å². The van der Waals surface area contributed by atoms with E-state index in [9.17, 15) is 0 Å². The molecular formula is C24H47N2+. The molecule has 0 aromatic carbocycles. The van der Waals surface area contributed by atoms with Crippen LogP contribution in [0.4, 0.5) is 0 Å². The summed E-state index contributed by atoms with van der Waals surface area (Å²) in [5.74, 6) is 1.55. The molecule has 2 heteroatoms. The van der Waals surface area contributed by atoms with Gasteiger partial charge in [0.25, 0.3) is 5.82 Å². The standard InChI is InChI=1S/C24H47N2/c1-5-7-9-10-11-12-13-14-15-16-17-19-24-25(20-18-8-6-2)21-22-26(24)23(3)4/h21-23H,5-20H2,1-4H3/q+1. The summed E-state index contributed by atoms with van der Waals surface area (Å²) in [6.45, 7) is 10.4. The Bertz CT molecular complexity index is 433. The van der Waals surface area contributed by atoms with Gasteiger partial charge >= 0.3 is 0 Å². The highest BCUT2D eigenvalue weighted by Gasteiger charge is 2.18. The Morgan fingerprint density at radius 3 is 1.77 bits per heavy atom. The molecule has 0 saturated heterocycles. The third-order valence-corrected chi connectivity index (χ3v) is 5.60. The van der Waals surface area contributed by atoms with E-state index >= 15 is 0 Å². The van der Waals surface area contributed by atoms with Crippen molar-refractivity contribution in [2.24, 2.45) is 0 Å². The van der Waals surface area contributed by atoms with Crippen LogP contribution in [0.2, 0.25) is 0 Å². The molecule has 1 heterocycles. The summed E-state index contributed by atoms with van der Waals surface area (Å²) in [7, 11) is 0. The van der Waals surface area contributed by atoms with Crippen LogP contribution in [0, 0.1) is 0 Å². The fourth-order valence-electron chi connectivity index (χ4n) is 3.90. The molecule has 1 aromatic rings. The Labute approximate surface area is 164 Å². The smallest absolute Gasteiger partial charge is 0.234 e. The van der Waals surface area contributed by atoms with Crippen LogP contribution in [0.3, 0.4) is 0 Å². The maximum absolute atomic E-state index is 2.52. The van der Waals surface area contributed by atoms with Gasteiger partial charge in [0.1, 0.15) is 12.4 Å². The number of hydrogen-bond donors (Lipinski definition) is 0. The molecule has 0 saturated carbocycles. The van der Waals surface area contributed by atoms with Gasteiger partial charge in [-0.1, -0.05) is 84.5 Å². The van der Waals surface area contributed by atoms with E-state index in [4.69, 9.17) is 0 Å². The topological polar surface area (TPSA) is 8.81 Å². The molecule has 0 unspecified atom stereocenters. The molecule has 0 bridgehead atoms. The zero-order chi connectivity index (χ0) is 19.0. The van der Waals surface area contributed by atoms with E-state index in [1.807, 2.05) is 0 Å². The largest absolute Gasteiger partial charge is 0.256 e. The minimum absolute atomic E-state index is 0.574. The molecular weight excluding hydrogens is 316 g/mol. The van der Waals surface area contributed by atoms with Crippen molar-refractivity contribution in [2.75, 3.05) is 0 Å². The van der Waals surface area contributed by atoms with Crippen molar-refractivity contribution >= 4 is 0 Å². The van der Waals surface area contributed by atoms with E-state index in [1.54, 1.807) is 5.82 Å². The fraction of sp³-hybridized carbons (Fsp3) is 0.875. The molecule has 1 aromatic heterocycles. The Hall–Kier alpha value is -0.790. The number of hydrogen-bond acceptors (Lipinski definition) is 0. The maximum atomic E-state index is 2.52. The Morgan fingerprint density at radius 1 is 0.731 bits per heavy atom. The van der Waals surface area contributed by atoms with Gasteiger partial charge in [0, 0.05) is 6.42 Å². The lowest BCUT2D eigenvalue weighted by Gasteiger charge is -2.08. The molecule has 0 amide bonds. The van der Waals surface area contributed by atoms with Gasteiger partial charge in [-0.05, 0) is 33.1 Å². The second-order valence-electron chi connectivity index (χ2n) is 8.40. The van der Waals surface area contributed by atoms with Gasteiger partial charge < -0.3 is 0 Å². The first-order chi connectivity index (χ1) is 12.7. The maximum Gasteiger partial charge on any atom is 0.256 e. The lowest BCUT2D eigenvalue weighted by Crippen LogP contribution is -2.39. The van der Waals surface area contributed by atoms with Gasteiger partial charge in [0.05, 0.1) is 12.6 Å². The summed E-state index contributed by atoms with van der Waals surface area (Å²) in [5, 5.41) is 0. The highest BCUT2D eigenvalue weighted by atomic mass is 15.2. The molecule has 0 fully saturated rings. The first kappa shape index (κ1) is 23.2. The normalized spacial score (nSPS) is 11.6. The van der Waals surface area contributed by atoms with E-state index in [2.05, 4.69) is 49.2 Å². The number of nitrogens with zero attached hydrogens (tertiary/aromatic N) is 2. The molecule has 0 atom stereocenters. The van der Waals surface area contributed by atoms with Crippen molar-refractivity contribution < 1.29 is 4.57 Å². The van der Waals surface area contributed by atoms with E-state index in [1.165, 1.54) is 103 Å². The number of unbranched alkanes of at least 4 members (excludes halogenated alkanes) is 12. The molecule has 1 rings (SSSR count). The van der Waals surface area contributed by atoms with Crippen LogP contribution < -0.4 is 4.57 Å². The Morgan fingerprint density at radius 2 is 1.23 bits per heavy atom. The monoisotopic (exact) mass is 363 g/mol. The first-order valence-electron chi connectivity index (χ1n) is 11.8. The van der Waals surface area contributed by atoms with Gasteiger partial charge in [0.15, 0.2) is 0 Å². The number of aryl methyl sites for hydroxylation is 1. The number of rotatable bonds is 17. The molecule has 26 heavy (non-hydrogen) atoms. The molecule has 0 radical (unpaired) electrons. The third-order valence-electron chi connectivity index (χ3n) is 5.60. The van der Waals surface area contributed by atoms with E-state index in [0.29, 0.717) is 6.04 Å². The minimum atomic E-state index is 0.574. The third kappa shape index (κ3) is 9.78. The van der Waals surface area contributed by atoms with Crippen molar-refractivity contribution in [3.8, 4) is 0 Å². The lowest BCUT2D eigenvalue weighted by atomic mass is 10.1. The van der Waals surface area contributed by atoms with Crippen LogP contribution >= 0.6 is 0 Å². The molecule has 0 aliphatic carbocycles. The SMILES string of the molecule is CCCCCCCCCCCCCc1n(CCCCC)cc[n+]1C(C)C. The molecule has 0 aliphatic rings. The molecule has 2 nitrogen and oxygen atoms in total. The van der Waals surface area contributed by atoms with Gasteiger partial charge in [-0.15, -0.1) is 0 Å². The van der Waals surface area contributed by atoms with Crippen LogP contribution in [0.1, 0.15) is 129 Å². The average Bonchev–Trinajstić information content (AvgIpc) is 3.03. The predicted octanol–water partition coefficient (Wildman–Crippen LogP) is 7.40. The molecule has 0 spiro atoms. The van der Waals surface area contributed by atoms with Crippen LogP contribution in [0.5, 0.6) is 0 Å². The van der Waals surface area contributed by atoms with E-state index in [0.717, 1.165) is 0 Å². The minimum Gasteiger partial charge on any atom is -0.234 e. The van der Waals surface area contributed by atoms with E-state index in [-0.39, 0.29) is 0 Å². The highest BCUT2D eigenvalue weighted by molar-refractivity contribution is 4.85. The van der Waals surface area contributed by atoms with Crippen molar-refractivity contribution in [2.45, 2.75) is 137 Å². The second-order valence-corrected chi connectivity index (χ2v) is 8.40. The van der Waals surface area contributed by atoms with Crippen molar-refractivity contribution in [3.05, 3.63) is 18.2 Å². The summed E-state index contributed by atoms with van der Waals surface area (Å²) in [5.41, 5.74) is 0. The summed E-state index contributed by atoms with van der Waals surface area (Å²) in [6.07, 6.45) is 25.5. The highest BCUT2D eigenvalue weighted by Crippen LogP contribution is 2.13. The lowest BCUT2D eigenvalue weighted by molar-refractivity contribution is -0.722. The quantitative estimate of drug-likeness (QED) is 0.201. The summed E-state index contributed by atoms with van der Waals surface area (Å²) in [6, 6.07) is 0.574. The first-order valence-corrected chi connectivity index (χ1v) is 11.8. The molecule has 0 N–H and O–H groups in total. The van der Waals surface area contributed by atoms with E-state index < -0.39 is 0 Å². The zero-order valence-electron chi connectivity index (χ0n) is 18.4. The Balaban J connectivity index is 2.20. The van der Waals surface area contributed by atoms with Gasteiger partial charge in [0.2, 0.25) is 0 Å². The van der Waals surface area contributed by atoms with Gasteiger partial charge in [-0.3, -0.25) is 0 Å². The second kappa shape index (κ2) is 15.3. The fourth-order valence-corrected chi connectivity index (χ4v) is 3.90. The summed E-state index contributed by atoms with van der Waals surface area (Å²) >= 11 is 0. The molecule has 152 valence electrons. The van der Waals surface area contributed by atoms with Crippen LogP contribution in [0.15, 0.2) is 12.4 Å². The number of imidazole rings is 1. The van der Waals surface area contributed by atoms with Crippen LogP contribution in [-0.2, 0) is 13.0 Å². The van der Waals surface area contributed by atoms with Crippen LogP contribution in [-0.4, -0.2) is 4.57 Å². The zero-order valence-corrected chi connectivity index (χ0v) is 18.4. The van der Waals surface area contributed by atoms with Crippen molar-refractivity contribution in [1.82, 2.24) is 4.57 Å². The Kier molecular flexibility index (Phi) is 13.7. The van der Waals surface area contributed by atoms with Gasteiger partial charge in [-0.25, -0.2) is 9.13 Å². The van der Waals surface area contributed by atoms with Crippen LogP contribution in [0.25, 0.3) is 0 Å². The average molecular weight is 364 g/mol. The summed E-state index contributed by atoms with van der Waals surface area (Å²) in [4.78, 5) is 0. The summed E-state index contributed by atoms with van der Waals surface area (Å²) < 4.78 is 5.01. The molecule has 0 aliphatic heterocycles. The van der Waals surface area contributed by atoms with Crippen molar-refractivity contribution in [1.29, 1.82) is 0 Å². The van der Waals surface area contributed by atoms with Crippen molar-refractivity contribution in [3.63, 3.8) is 0 Å². The number of aromatic nitrogens is 2.